The third-order valence-corrected chi connectivity index (χ3v) is 4.61. The molecule has 2 rings (SSSR count). The minimum atomic E-state index is 0. The Morgan fingerprint density at radius 1 is 1.07 bits per heavy atom. The number of anilines is 1. The van der Waals surface area contributed by atoms with Gasteiger partial charge in [-0.25, -0.2) is 4.99 Å². The van der Waals surface area contributed by atoms with Gasteiger partial charge >= 0.3 is 0 Å². The molecular formula is C22H32IN3O3. The molecule has 0 aliphatic carbocycles. The van der Waals surface area contributed by atoms with Crippen molar-refractivity contribution < 1.29 is 14.2 Å². The molecule has 29 heavy (non-hydrogen) atoms. The lowest BCUT2D eigenvalue weighted by atomic mass is 9.99. The number of halogens is 1. The van der Waals surface area contributed by atoms with Crippen LogP contribution in [0.3, 0.4) is 0 Å². The van der Waals surface area contributed by atoms with E-state index in [2.05, 4.69) is 36.3 Å². The van der Waals surface area contributed by atoms with Crippen molar-refractivity contribution in [3.8, 4) is 17.2 Å². The highest BCUT2D eigenvalue weighted by molar-refractivity contribution is 14.0. The predicted octanol–water partition coefficient (Wildman–Crippen LogP) is 5.16. The summed E-state index contributed by atoms with van der Waals surface area (Å²) in [7, 11) is 3.20. The lowest BCUT2D eigenvalue weighted by Crippen LogP contribution is -2.22. The molecule has 0 saturated heterocycles. The fraction of sp³-hybridized carbons (Fsp3) is 0.409. The van der Waals surface area contributed by atoms with Gasteiger partial charge in [0.1, 0.15) is 0 Å². The Morgan fingerprint density at radius 3 is 2.14 bits per heavy atom. The van der Waals surface area contributed by atoms with Gasteiger partial charge in [0, 0.05) is 5.69 Å². The number of methoxy groups -OCH3 is 2. The molecule has 2 aromatic rings. The van der Waals surface area contributed by atoms with E-state index >= 15 is 0 Å². The molecule has 1 unspecified atom stereocenters. The van der Waals surface area contributed by atoms with Crippen LogP contribution in [0.1, 0.15) is 44.2 Å². The maximum Gasteiger partial charge on any atom is 0.203 e. The number of rotatable bonds is 9. The molecule has 0 aliphatic heterocycles. The highest BCUT2D eigenvalue weighted by Crippen LogP contribution is 2.38. The third kappa shape index (κ3) is 6.99. The van der Waals surface area contributed by atoms with Gasteiger partial charge in [0.25, 0.3) is 0 Å². The highest BCUT2D eigenvalue weighted by atomic mass is 127. The quantitative estimate of drug-likeness (QED) is 0.275. The molecule has 2 aromatic carbocycles. The molecule has 0 amide bonds. The normalized spacial score (nSPS) is 12.0. The van der Waals surface area contributed by atoms with Crippen molar-refractivity contribution in [2.75, 3.05) is 26.1 Å². The Labute approximate surface area is 190 Å². The summed E-state index contributed by atoms with van der Waals surface area (Å²) in [4.78, 5) is 4.42. The summed E-state index contributed by atoms with van der Waals surface area (Å²) in [6.45, 7) is 7.24. The first kappa shape index (κ1) is 24.9. The summed E-state index contributed by atoms with van der Waals surface area (Å²) in [6, 6.07) is 12.0. The first-order chi connectivity index (χ1) is 13.5. The van der Waals surface area contributed by atoms with Crippen LogP contribution in [0.25, 0.3) is 0 Å². The van der Waals surface area contributed by atoms with E-state index < -0.39 is 0 Å². The van der Waals surface area contributed by atoms with E-state index in [9.17, 15) is 0 Å². The lowest BCUT2D eigenvalue weighted by molar-refractivity contribution is 0.288. The Morgan fingerprint density at radius 2 is 1.66 bits per heavy atom. The summed E-state index contributed by atoms with van der Waals surface area (Å²) in [5, 5.41) is 3.13. The van der Waals surface area contributed by atoms with Gasteiger partial charge in [-0.2, -0.15) is 0 Å². The number of ether oxygens (including phenoxy) is 3. The summed E-state index contributed by atoms with van der Waals surface area (Å²) >= 11 is 0. The number of hydrogen-bond acceptors (Lipinski definition) is 4. The first-order valence-electron chi connectivity index (χ1n) is 9.56. The van der Waals surface area contributed by atoms with Gasteiger partial charge < -0.3 is 25.3 Å². The Kier molecular flexibility index (Phi) is 10.6. The van der Waals surface area contributed by atoms with Gasteiger partial charge in [-0.15, -0.1) is 24.0 Å². The zero-order valence-electron chi connectivity index (χ0n) is 17.8. The average Bonchev–Trinajstić information content (AvgIpc) is 2.72. The monoisotopic (exact) mass is 513 g/mol. The van der Waals surface area contributed by atoms with Crippen LogP contribution < -0.4 is 25.3 Å². The zero-order valence-corrected chi connectivity index (χ0v) is 20.2. The molecule has 160 valence electrons. The first-order valence-corrected chi connectivity index (χ1v) is 9.56. The second-order valence-electron chi connectivity index (χ2n) is 6.52. The molecule has 0 spiro atoms. The van der Waals surface area contributed by atoms with E-state index in [-0.39, 0.29) is 24.0 Å². The molecule has 0 fully saturated rings. The summed E-state index contributed by atoms with van der Waals surface area (Å²) in [6.07, 6.45) is 1.12. The van der Waals surface area contributed by atoms with Gasteiger partial charge in [-0.1, -0.05) is 26.0 Å². The van der Waals surface area contributed by atoms with Crippen molar-refractivity contribution in [1.82, 2.24) is 0 Å². The maximum absolute atomic E-state index is 6.05. The molecule has 7 heteroatoms. The molecule has 0 radical (unpaired) electrons. The average molecular weight is 513 g/mol. The number of benzene rings is 2. The van der Waals surface area contributed by atoms with Crippen molar-refractivity contribution in [2.24, 2.45) is 10.7 Å². The summed E-state index contributed by atoms with van der Waals surface area (Å²) in [5.41, 5.74) is 9.19. The van der Waals surface area contributed by atoms with E-state index in [1.165, 1.54) is 5.56 Å². The largest absolute Gasteiger partial charge is 0.493 e. The summed E-state index contributed by atoms with van der Waals surface area (Å²) < 4.78 is 16.5. The molecule has 0 aromatic heterocycles. The molecule has 3 N–H and O–H groups in total. The molecule has 6 nitrogen and oxygen atoms in total. The number of aliphatic imine (C=N–C) groups is 1. The Hall–Kier alpha value is -2.16. The van der Waals surface area contributed by atoms with Gasteiger partial charge in [0.2, 0.25) is 5.75 Å². The second kappa shape index (κ2) is 12.4. The Bertz CT molecular complexity index is 769. The van der Waals surface area contributed by atoms with E-state index in [1.807, 2.05) is 31.2 Å². The number of nitrogens with two attached hydrogens (primary N) is 1. The molecule has 0 bridgehead atoms. The van der Waals surface area contributed by atoms with Gasteiger partial charge in [0.05, 0.1) is 27.4 Å². The van der Waals surface area contributed by atoms with Gasteiger partial charge in [-0.3, -0.25) is 0 Å². The van der Waals surface area contributed by atoms with E-state index in [1.54, 1.807) is 14.2 Å². The van der Waals surface area contributed by atoms with E-state index in [0.717, 1.165) is 17.7 Å². The summed E-state index contributed by atoms with van der Waals surface area (Å²) in [5.74, 6) is 2.71. The van der Waals surface area contributed by atoms with Crippen molar-refractivity contribution in [3.63, 3.8) is 0 Å². The third-order valence-electron chi connectivity index (χ3n) is 4.61. The van der Waals surface area contributed by atoms with Crippen LogP contribution in [0.4, 0.5) is 5.69 Å². The molecule has 0 aliphatic rings. The highest BCUT2D eigenvalue weighted by Gasteiger charge is 2.13. The molecule has 0 heterocycles. The molecule has 1 atom stereocenters. The van der Waals surface area contributed by atoms with Crippen LogP contribution in [-0.2, 0) is 6.54 Å². The maximum atomic E-state index is 6.05. The molecule has 0 saturated carbocycles. The van der Waals surface area contributed by atoms with Crippen LogP contribution in [-0.4, -0.2) is 26.8 Å². The number of nitrogens with one attached hydrogen (secondary N) is 1. The van der Waals surface area contributed by atoms with Crippen molar-refractivity contribution in [1.29, 1.82) is 0 Å². The predicted molar refractivity (Wildman–Crippen MR) is 130 cm³/mol. The van der Waals surface area contributed by atoms with Crippen molar-refractivity contribution in [3.05, 3.63) is 47.5 Å². The second-order valence-corrected chi connectivity index (χ2v) is 6.52. The number of hydrogen-bond donors (Lipinski definition) is 2. The van der Waals surface area contributed by atoms with E-state index in [0.29, 0.717) is 42.3 Å². The van der Waals surface area contributed by atoms with Crippen LogP contribution in [0.15, 0.2) is 41.4 Å². The van der Waals surface area contributed by atoms with Crippen molar-refractivity contribution in [2.45, 2.75) is 39.7 Å². The van der Waals surface area contributed by atoms with Crippen LogP contribution in [0.5, 0.6) is 17.2 Å². The lowest BCUT2D eigenvalue weighted by Gasteiger charge is -2.15. The minimum absolute atomic E-state index is 0. The smallest absolute Gasteiger partial charge is 0.203 e. The topological polar surface area (TPSA) is 78.1 Å². The number of nitrogens with zero attached hydrogens (tertiary/aromatic N) is 1. The van der Waals surface area contributed by atoms with E-state index in [4.69, 9.17) is 19.9 Å². The fourth-order valence-electron chi connectivity index (χ4n) is 2.81. The standard InChI is InChI=1S/C22H31N3O3.HI/c1-6-15(3)17-8-10-18(11-9-17)25-22(23)24-14-16-12-19(26-4)21(28-7-2)20(13-16)27-5;/h8-13,15H,6-7,14H2,1-5H3,(H3,23,24,25);1H. The minimum Gasteiger partial charge on any atom is -0.493 e. The fourth-order valence-corrected chi connectivity index (χ4v) is 2.81. The van der Waals surface area contributed by atoms with Crippen LogP contribution >= 0.6 is 24.0 Å². The molecular weight excluding hydrogens is 481 g/mol. The Balaban J connectivity index is 0.00000420. The SMILES string of the molecule is CCOc1c(OC)cc(CN=C(N)Nc2ccc(C(C)CC)cc2)cc1OC.I. The van der Waals surface area contributed by atoms with Crippen LogP contribution in [0.2, 0.25) is 0 Å². The number of guanidine groups is 1. The van der Waals surface area contributed by atoms with Crippen LogP contribution in [0, 0.1) is 0 Å². The zero-order chi connectivity index (χ0) is 20.5. The van der Waals surface area contributed by atoms with Gasteiger partial charge in [-0.05, 0) is 54.7 Å². The van der Waals surface area contributed by atoms with Crippen molar-refractivity contribution >= 4 is 35.6 Å². The van der Waals surface area contributed by atoms with Gasteiger partial charge in [0.15, 0.2) is 17.5 Å².